The van der Waals surface area contributed by atoms with Gasteiger partial charge in [-0.1, -0.05) is 13.8 Å². The van der Waals surface area contributed by atoms with E-state index in [1.807, 2.05) is 13.0 Å². The second-order valence-electron chi connectivity index (χ2n) is 6.42. The summed E-state index contributed by atoms with van der Waals surface area (Å²) in [5.74, 6) is 2.47. The molecule has 108 valence electrons. The van der Waals surface area contributed by atoms with E-state index in [2.05, 4.69) is 36.3 Å². The van der Waals surface area contributed by atoms with Crippen LogP contribution in [0.1, 0.15) is 45.4 Å². The van der Waals surface area contributed by atoms with Crippen LogP contribution in [0.25, 0.3) is 11.1 Å². The Morgan fingerprint density at radius 1 is 1.20 bits per heavy atom. The monoisotopic (exact) mass is 272 g/mol. The molecule has 0 atom stereocenters. The van der Waals surface area contributed by atoms with Gasteiger partial charge < -0.3 is 9.73 Å². The lowest BCUT2D eigenvalue weighted by Gasteiger charge is -2.31. The first-order valence-electron chi connectivity index (χ1n) is 7.75. The van der Waals surface area contributed by atoms with Crippen LogP contribution >= 0.6 is 0 Å². The van der Waals surface area contributed by atoms with Gasteiger partial charge in [-0.2, -0.15) is 0 Å². The van der Waals surface area contributed by atoms with Gasteiger partial charge in [0.25, 0.3) is 0 Å². The van der Waals surface area contributed by atoms with E-state index in [0.717, 1.165) is 28.8 Å². The zero-order valence-electron chi connectivity index (χ0n) is 12.6. The number of rotatable bonds is 3. The summed E-state index contributed by atoms with van der Waals surface area (Å²) in [6.07, 6.45) is 5.25. The van der Waals surface area contributed by atoms with Crippen molar-refractivity contribution in [3.05, 3.63) is 24.1 Å². The van der Waals surface area contributed by atoms with E-state index in [0.29, 0.717) is 6.04 Å². The van der Waals surface area contributed by atoms with Crippen molar-refractivity contribution in [2.45, 2.75) is 52.5 Å². The first-order valence-corrected chi connectivity index (χ1v) is 7.75. The number of nitrogens with zero attached hydrogens (tertiary/aromatic N) is 1. The average Bonchev–Trinajstić information content (AvgIpc) is 2.78. The van der Waals surface area contributed by atoms with Gasteiger partial charge in [-0.25, -0.2) is 4.98 Å². The molecule has 0 radical (unpaired) electrons. The summed E-state index contributed by atoms with van der Waals surface area (Å²) >= 11 is 0. The maximum atomic E-state index is 5.51. The van der Waals surface area contributed by atoms with Gasteiger partial charge in [0.05, 0.1) is 0 Å². The van der Waals surface area contributed by atoms with E-state index in [1.54, 1.807) is 0 Å². The van der Waals surface area contributed by atoms with E-state index in [9.17, 15) is 0 Å². The maximum Gasteiger partial charge on any atom is 0.192 e. The Morgan fingerprint density at radius 3 is 2.65 bits per heavy atom. The third-order valence-corrected chi connectivity index (χ3v) is 4.58. The SMILES string of the molecule is Cc1nc2cc(NC3CCC(C(C)C)CC3)ccc2o1. The van der Waals surface area contributed by atoms with Crippen molar-refractivity contribution in [1.29, 1.82) is 0 Å². The number of hydrogen-bond acceptors (Lipinski definition) is 3. The van der Waals surface area contributed by atoms with Crippen LogP contribution in [0.3, 0.4) is 0 Å². The second-order valence-corrected chi connectivity index (χ2v) is 6.42. The first kappa shape index (κ1) is 13.5. The Kier molecular flexibility index (Phi) is 3.68. The highest BCUT2D eigenvalue weighted by atomic mass is 16.3. The van der Waals surface area contributed by atoms with Gasteiger partial charge in [0, 0.05) is 18.7 Å². The minimum absolute atomic E-state index is 0.607. The highest BCUT2D eigenvalue weighted by molar-refractivity contribution is 5.77. The van der Waals surface area contributed by atoms with Crippen LogP contribution in [0.4, 0.5) is 5.69 Å². The molecule has 1 fully saturated rings. The van der Waals surface area contributed by atoms with Crippen LogP contribution in [0, 0.1) is 18.8 Å². The van der Waals surface area contributed by atoms with Gasteiger partial charge in [-0.15, -0.1) is 0 Å². The summed E-state index contributed by atoms with van der Waals surface area (Å²) < 4.78 is 5.51. The summed E-state index contributed by atoms with van der Waals surface area (Å²) in [5, 5.41) is 3.66. The number of aryl methyl sites for hydroxylation is 1. The predicted octanol–water partition coefficient (Wildman–Crippen LogP) is 4.76. The predicted molar refractivity (Wildman–Crippen MR) is 83.0 cm³/mol. The van der Waals surface area contributed by atoms with Crippen molar-refractivity contribution < 1.29 is 4.42 Å². The molecule has 1 aromatic heterocycles. The van der Waals surface area contributed by atoms with E-state index >= 15 is 0 Å². The summed E-state index contributed by atoms with van der Waals surface area (Å²) in [5.41, 5.74) is 2.98. The van der Waals surface area contributed by atoms with Gasteiger partial charge in [0.15, 0.2) is 11.5 Å². The molecule has 0 amide bonds. The van der Waals surface area contributed by atoms with Gasteiger partial charge in [0.2, 0.25) is 0 Å². The van der Waals surface area contributed by atoms with E-state index in [4.69, 9.17) is 4.42 Å². The summed E-state index contributed by atoms with van der Waals surface area (Å²) in [6.45, 7) is 6.58. The molecular formula is C17H24N2O. The number of anilines is 1. The lowest BCUT2D eigenvalue weighted by molar-refractivity contribution is 0.267. The van der Waals surface area contributed by atoms with Crippen molar-refractivity contribution >= 4 is 16.8 Å². The van der Waals surface area contributed by atoms with Crippen molar-refractivity contribution in [3.8, 4) is 0 Å². The lowest BCUT2D eigenvalue weighted by Crippen LogP contribution is -2.27. The molecule has 20 heavy (non-hydrogen) atoms. The lowest BCUT2D eigenvalue weighted by atomic mass is 9.79. The molecule has 0 bridgehead atoms. The van der Waals surface area contributed by atoms with E-state index < -0.39 is 0 Å². The van der Waals surface area contributed by atoms with Crippen LogP contribution in [-0.2, 0) is 0 Å². The average molecular weight is 272 g/mol. The summed E-state index contributed by atoms with van der Waals surface area (Å²) in [4.78, 5) is 4.40. The van der Waals surface area contributed by atoms with Crippen molar-refractivity contribution in [3.63, 3.8) is 0 Å². The fraction of sp³-hybridized carbons (Fsp3) is 0.588. The zero-order chi connectivity index (χ0) is 14.1. The van der Waals surface area contributed by atoms with Gasteiger partial charge in [0.1, 0.15) is 5.52 Å². The minimum Gasteiger partial charge on any atom is -0.441 e. The molecule has 1 aliphatic rings. The molecule has 1 aliphatic carbocycles. The smallest absolute Gasteiger partial charge is 0.192 e. The van der Waals surface area contributed by atoms with Crippen LogP contribution in [0.5, 0.6) is 0 Å². The Morgan fingerprint density at radius 2 is 1.95 bits per heavy atom. The number of hydrogen-bond donors (Lipinski definition) is 1. The van der Waals surface area contributed by atoms with Crippen LogP contribution in [0.15, 0.2) is 22.6 Å². The third-order valence-electron chi connectivity index (χ3n) is 4.58. The molecule has 1 N–H and O–H groups in total. The van der Waals surface area contributed by atoms with Crippen LogP contribution < -0.4 is 5.32 Å². The molecule has 3 nitrogen and oxygen atoms in total. The summed E-state index contributed by atoms with van der Waals surface area (Å²) in [7, 11) is 0. The second kappa shape index (κ2) is 5.47. The molecule has 0 spiro atoms. The van der Waals surface area contributed by atoms with Gasteiger partial charge >= 0.3 is 0 Å². The number of benzene rings is 1. The van der Waals surface area contributed by atoms with Crippen LogP contribution in [0.2, 0.25) is 0 Å². The molecule has 1 saturated carbocycles. The molecular weight excluding hydrogens is 248 g/mol. The standard InChI is InChI=1S/C17H24N2O/c1-11(2)13-4-6-14(7-5-13)19-15-8-9-17-16(10-15)18-12(3)20-17/h8-11,13-14,19H,4-7H2,1-3H3. The molecule has 3 heteroatoms. The van der Waals surface area contributed by atoms with Crippen molar-refractivity contribution in [1.82, 2.24) is 4.98 Å². The molecule has 1 heterocycles. The summed E-state index contributed by atoms with van der Waals surface area (Å²) in [6, 6.07) is 6.81. The minimum atomic E-state index is 0.607. The van der Waals surface area contributed by atoms with Crippen molar-refractivity contribution in [2.24, 2.45) is 11.8 Å². The first-order chi connectivity index (χ1) is 9.61. The number of fused-ring (bicyclic) bond motifs is 1. The Labute approximate surface area is 120 Å². The topological polar surface area (TPSA) is 38.1 Å². The molecule has 1 aromatic carbocycles. The number of oxazole rings is 1. The highest BCUT2D eigenvalue weighted by Crippen LogP contribution is 2.31. The van der Waals surface area contributed by atoms with Crippen LogP contribution in [-0.4, -0.2) is 11.0 Å². The van der Waals surface area contributed by atoms with E-state index in [1.165, 1.54) is 31.4 Å². The zero-order valence-corrected chi connectivity index (χ0v) is 12.6. The maximum absolute atomic E-state index is 5.51. The third kappa shape index (κ3) is 2.82. The molecule has 2 aromatic rings. The molecule has 0 saturated heterocycles. The quantitative estimate of drug-likeness (QED) is 0.875. The fourth-order valence-corrected chi connectivity index (χ4v) is 3.30. The van der Waals surface area contributed by atoms with E-state index in [-0.39, 0.29) is 0 Å². The fourth-order valence-electron chi connectivity index (χ4n) is 3.30. The number of aromatic nitrogens is 1. The highest BCUT2D eigenvalue weighted by Gasteiger charge is 2.23. The Bertz CT molecular complexity index is 580. The van der Waals surface area contributed by atoms with Gasteiger partial charge in [-0.3, -0.25) is 0 Å². The number of nitrogens with one attached hydrogen (secondary N) is 1. The largest absolute Gasteiger partial charge is 0.441 e. The van der Waals surface area contributed by atoms with Gasteiger partial charge in [-0.05, 0) is 55.7 Å². The Hall–Kier alpha value is -1.51. The molecule has 0 unspecified atom stereocenters. The Balaban J connectivity index is 1.65. The molecule has 3 rings (SSSR count). The van der Waals surface area contributed by atoms with Crippen molar-refractivity contribution in [2.75, 3.05) is 5.32 Å². The normalized spacial score (nSPS) is 23.4. The molecule has 0 aliphatic heterocycles.